The fourth-order valence-electron chi connectivity index (χ4n) is 4.60. The highest BCUT2D eigenvalue weighted by molar-refractivity contribution is 7.89. The van der Waals surface area contributed by atoms with Crippen LogP contribution in [0, 0.1) is 10.1 Å². The summed E-state index contributed by atoms with van der Waals surface area (Å²) in [6.07, 6.45) is 0.203. The number of benzene rings is 3. The Morgan fingerprint density at radius 2 is 1.74 bits per heavy atom. The van der Waals surface area contributed by atoms with Gasteiger partial charge in [0.25, 0.3) is 5.69 Å². The van der Waals surface area contributed by atoms with Gasteiger partial charge in [0.15, 0.2) is 0 Å². The summed E-state index contributed by atoms with van der Waals surface area (Å²) in [4.78, 5) is 52.3. The number of likely N-dealkylation sites (N-methyl/N-ethyl adjacent to an activating group) is 1. The molecule has 1 heterocycles. The van der Waals surface area contributed by atoms with Crippen molar-refractivity contribution in [3.05, 3.63) is 94.5 Å². The first-order valence-electron chi connectivity index (χ1n) is 13.3. The van der Waals surface area contributed by atoms with Crippen molar-refractivity contribution in [1.82, 2.24) is 14.5 Å². The van der Waals surface area contributed by atoms with Crippen LogP contribution in [0.1, 0.15) is 5.56 Å². The summed E-state index contributed by atoms with van der Waals surface area (Å²) in [7, 11) is -1.05. The molecule has 1 aliphatic rings. The molecule has 3 aromatic rings. The van der Waals surface area contributed by atoms with Gasteiger partial charge >= 0.3 is 0 Å². The van der Waals surface area contributed by atoms with Crippen molar-refractivity contribution in [2.24, 2.45) is 0 Å². The maximum Gasteiger partial charge on any atom is 0.270 e. The number of ether oxygens (including phenoxy) is 1. The SMILES string of the molecule is COc1ccc(N(C)C(=O)C(Cc2ccccc2)NC(=O)CN2CCN(S(=O)(=O)c3cccc([N+](=O)[O-])c3)CC2=O)cc1. The van der Waals surface area contributed by atoms with Gasteiger partial charge in [-0.15, -0.1) is 0 Å². The van der Waals surface area contributed by atoms with E-state index in [2.05, 4.69) is 5.32 Å². The standard InChI is InChI=1S/C29H31N5O8S/c1-31(22-11-13-24(42-2)14-12-22)29(37)26(17-21-7-4-3-5-8-21)30-27(35)19-32-15-16-33(20-28(32)36)43(40,41)25-10-6-9-23(18-25)34(38)39/h3-14,18,26H,15-17,19-20H2,1-2H3,(H,30,35). The van der Waals surface area contributed by atoms with Crippen LogP contribution in [0.3, 0.4) is 0 Å². The number of carbonyl (C=O) groups is 3. The van der Waals surface area contributed by atoms with E-state index in [9.17, 15) is 32.9 Å². The summed E-state index contributed by atoms with van der Waals surface area (Å²) < 4.78 is 32.2. The van der Waals surface area contributed by atoms with Crippen molar-refractivity contribution < 1.29 is 32.5 Å². The van der Waals surface area contributed by atoms with E-state index < -0.39 is 39.3 Å². The molecule has 0 aromatic heterocycles. The molecule has 0 bridgehead atoms. The number of sulfonamides is 1. The fraction of sp³-hybridized carbons (Fsp3) is 0.276. The number of non-ortho nitro benzene ring substituents is 1. The minimum absolute atomic E-state index is 0.0799. The lowest BCUT2D eigenvalue weighted by molar-refractivity contribution is -0.385. The van der Waals surface area contributed by atoms with Gasteiger partial charge in [-0.3, -0.25) is 24.5 Å². The van der Waals surface area contributed by atoms with Crippen molar-refractivity contribution in [2.45, 2.75) is 17.4 Å². The van der Waals surface area contributed by atoms with Crippen LogP contribution in [-0.2, 0) is 30.8 Å². The van der Waals surface area contributed by atoms with Crippen molar-refractivity contribution in [2.75, 3.05) is 45.2 Å². The predicted octanol–water partition coefficient (Wildman–Crippen LogP) is 1.83. The molecule has 226 valence electrons. The number of nitrogens with zero attached hydrogens (tertiary/aromatic N) is 4. The van der Waals surface area contributed by atoms with E-state index in [0.29, 0.717) is 11.4 Å². The van der Waals surface area contributed by atoms with Gasteiger partial charge in [-0.1, -0.05) is 36.4 Å². The summed E-state index contributed by atoms with van der Waals surface area (Å²) in [6, 6.07) is 19.7. The predicted molar refractivity (Wildman–Crippen MR) is 157 cm³/mol. The van der Waals surface area contributed by atoms with Gasteiger partial charge in [0.05, 0.1) is 30.0 Å². The Bertz CT molecular complexity index is 1600. The minimum Gasteiger partial charge on any atom is -0.497 e. The Hall–Kier alpha value is -4.82. The smallest absolute Gasteiger partial charge is 0.270 e. The average molecular weight is 610 g/mol. The third-order valence-electron chi connectivity index (χ3n) is 6.99. The number of hydrogen-bond donors (Lipinski definition) is 1. The van der Waals surface area contributed by atoms with Crippen LogP contribution in [0.25, 0.3) is 0 Å². The zero-order valence-corrected chi connectivity index (χ0v) is 24.4. The number of hydrogen-bond acceptors (Lipinski definition) is 8. The zero-order chi connectivity index (χ0) is 31.1. The van der Waals surface area contributed by atoms with Gasteiger partial charge in [0.1, 0.15) is 11.8 Å². The van der Waals surface area contributed by atoms with E-state index in [1.165, 1.54) is 35.1 Å². The van der Waals surface area contributed by atoms with E-state index in [1.54, 1.807) is 31.3 Å². The fourth-order valence-corrected chi connectivity index (χ4v) is 6.02. The number of anilines is 1. The van der Waals surface area contributed by atoms with Gasteiger partial charge in [-0.25, -0.2) is 8.42 Å². The molecular formula is C29H31N5O8S. The molecule has 1 unspecified atom stereocenters. The number of methoxy groups -OCH3 is 1. The monoisotopic (exact) mass is 609 g/mol. The van der Waals surface area contributed by atoms with Crippen LogP contribution in [0.2, 0.25) is 0 Å². The van der Waals surface area contributed by atoms with Crippen LogP contribution < -0.4 is 15.0 Å². The number of piperazine rings is 1. The Labute approximate surface area is 248 Å². The second kappa shape index (κ2) is 13.4. The molecule has 13 nitrogen and oxygen atoms in total. The lowest BCUT2D eigenvalue weighted by Gasteiger charge is -2.33. The molecule has 3 aromatic carbocycles. The highest BCUT2D eigenvalue weighted by atomic mass is 32.2. The largest absolute Gasteiger partial charge is 0.497 e. The van der Waals surface area contributed by atoms with E-state index in [4.69, 9.17) is 4.74 Å². The van der Waals surface area contributed by atoms with Gasteiger partial charge in [-0.05, 0) is 35.9 Å². The molecule has 14 heteroatoms. The number of nitro groups is 1. The number of amides is 3. The topological polar surface area (TPSA) is 159 Å². The van der Waals surface area contributed by atoms with Crippen LogP contribution in [0.5, 0.6) is 5.75 Å². The van der Waals surface area contributed by atoms with Crippen LogP contribution >= 0.6 is 0 Å². The molecule has 1 N–H and O–H groups in total. The molecule has 0 radical (unpaired) electrons. The molecule has 0 saturated carbocycles. The zero-order valence-electron chi connectivity index (χ0n) is 23.6. The molecule has 1 aliphatic heterocycles. The molecule has 43 heavy (non-hydrogen) atoms. The first-order chi connectivity index (χ1) is 20.5. The lowest BCUT2D eigenvalue weighted by Crippen LogP contribution is -2.56. The Balaban J connectivity index is 1.43. The minimum atomic E-state index is -4.19. The number of carbonyl (C=O) groups excluding carboxylic acids is 3. The normalized spacial score (nSPS) is 14.6. The summed E-state index contributed by atoms with van der Waals surface area (Å²) in [5.74, 6) is -0.944. The van der Waals surface area contributed by atoms with Crippen molar-refractivity contribution in [3.63, 3.8) is 0 Å². The molecule has 1 atom stereocenters. The molecule has 1 saturated heterocycles. The second-order valence-corrected chi connectivity index (χ2v) is 11.8. The van der Waals surface area contributed by atoms with Crippen LogP contribution in [0.15, 0.2) is 83.8 Å². The first-order valence-corrected chi connectivity index (χ1v) is 14.7. The Morgan fingerprint density at radius 1 is 1.05 bits per heavy atom. The summed E-state index contributed by atoms with van der Waals surface area (Å²) in [5, 5.41) is 13.8. The summed E-state index contributed by atoms with van der Waals surface area (Å²) in [6.45, 7) is -1.11. The highest BCUT2D eigenvalue weighted by Gasteiger charge is 2.35. The molecule has 0 spiro atoms. The van der Waals surface area contributed by atoms with Crippen molar-refractivity contribution >= 4 is 39.1 Å². The van der Waals surface area contributed by atoms with Crippen molar-refractivity contribution in [3.8, 4) is 5.75 Å². The second-order valence-electron chi connectivity index (χ2n) is 9.81. The van der Waals surface area contributed by atoms with Gasteiger partial charge < -0.3 is 19.9 Å². The molecular weight excluding hydrogens is 578 g/mol. The molecule has 4 rings (SSSR count). The van der Waals surface area contributed by atoms with E-state index in [0.717, 1.165) is 15.9 Å². The van der Waals surface area contributed by atoms with Crippen molar-refractivity contribution in [1.29, 1.82) is 0 Å². The summed E-state index contributed by atoms with van der Waals surface area (Å²) in [5.41, 5.74) is 1.02. The average Bonchev–Trinajstić information content (AvgIpc) is 3.01. The third-order valence-corrected chi connectivity index (χ3v) is 8.83. The van der Waals surface area contributed by atoms with Gasteiger partial charge in [0, 0.05) is 44.4 Å². The Kier molecular flexibility index (Phi) is 9.73. The quantitative estimate of drug-likeness (QED) is 0.255. The van der Waals surface area contributed by atoms with E-state index in [1.807, 2.05) is 30.3 Å². The third kappa shape index (κ3) is 7.53. The maximum absolute atomic E-state index is 13.5. The Morgan fingerprint density at radius 3 is 2.37 bits per heavy atom. The maximum atomic E-state index is 13.5. The van der Waals surface area contributed by atoms with Crippen LogP contribution in [-0.4, -0.2) is 86.6 Å². The molecule has 1 fully saturated rings. The lowest BCUT2D eigenvalue weighted by atomic mass is 10.0. The highest BCUT2D eigenvalue weighted by Crippen LogP contribution is 2.23. The van der Waals surface area contributed by atoms with Gasteiger partial charge in [0.2, 0.25) is 27.7 Å². The number of nitrogens with one attached hydrogen (secondary N) is 1. The number of rotatable bonds is 11. The first kappa shape index (κ1) is 31.1. The van der Waals surface area contributed by atoms with Gasteiger partial charge in [-0.2, -0.15) is 4.31 Å². The summed E-state index contributed by atoms with van der Waals surface area (Å²) >= 11 is 0. The van der Waals surface area contributed by atoms with E-state index in [-0.39, 0.29) is 42.5 Å². The molecule has 3 amide bonds. The molecule has 0 aliphatic carbocycles. The van der Waals surface area contributed by atoms with Crippen LogP contribution in [0.4, 0.5) is 11.4 Å². The van der Waals surface area contributed by atoms with E-state index >= 15 is 0 Å². The number of nitro benzene ring substituents is 1.